The Hall–Kier alpha value is -1.06. The molecule has 0 aliphatic rings. The number of likely N-dealkylation sites (N-methyl/N-ethyl adjacent to an activating group) is 1. The fraction of sp³-hybridized carbons (Fsp3) is 0.571. The fourth-order valence-electron chi connectivity index (χ4n) is 1.72. The average molecular weight is 236 g/mol. The highest BCUT2D eigenvalue weighted by Gasteiger charge is 2.07. The lowest BCUT2D eigenvalue weighted by atomic mass is 10.2. The summed E-state index contributed by atoms with van der Waals surface area (Å²) in [6.07, 6.45) is 2.89. The summed E-state index contributed by atoms with van der Waals surface area (Å²) < 4.78 is 5.36. The van der Waals surface area contributed by atoms with Gasteiger partial charge in [-0.05, 0) is 37.2 Å². The fourth-order valence-corrected chi connectivity index (χ4v) is 1.72. The first kappa shape index (κ1) is 14.0. The number of rotatable bonds is 9. The topological polar surface area (TPSA) is 28.4 Å². The Morgan fingerprint density at radius 3 is 2.88 bits per heavy atom. The zero-order valence-electron chi connectivity index (χ0n) is 11.0. The van der Waals surface area contributed by atoms with E-state index in [-0.39, 0.29) is 0 Å². The van der Waals surface area contributed by atoms with E-state index in [1.54, 1.807) is 6.26 Å². The van der Waals surface area contributed by atoms with Crippen molar-refractivity contribution < 1.29 is 4.42 Å². The van der Waals surface area contributed by atoms with Crippen LogP contribution in [0.5, 0.6) is 0 Å². The third-order valence-electron chi connectivity index (χ3n) is 2.66. The molecule has 0 saturated heterocycles. The molecule has 1 rings (SSSR count). The number of furan rings is 1. The van der Waals surface area contributed by atoms with Gasteiger partial charge in [-0.3, -0.25) is 4.90 Å². The second kappa shape index (κ2) is 8.09. The van der Waals surface area contributed by atoms with Crippen molar-refractivity contribution in [3.05, 3.63) is 36.3 Å². The molecule has 1 heterocycles. The minimum Gasteiger partial charge on any atom is -0.468 e. The van der Waals surface area contributed by atoms with Crippen LogP contribution in [0.3, 0.4) is 0 Å². The van der Waals surface area contributed by atoms with E-state index >= 15 is 0 Å². The lowest BCUT2D eigenvalue weighted by Crippen LogP contribution is -2.28. The smallest absolute Gasteiger partial charge is 0.117 e. The first-order valence-electron chi connectivity index (χ1n) is 6.38. The van der Waals surface area contributed by atoms with Gasteiger partial charge in [0.05, 0.1) is 12.8 Å². The van der Waals surface area contributed by atoms with E-state index in [0.717, 1.165) is 44.9 Å². The second-order valence-electron chi connectivity index (χ2n) is 4.31. The molecular formula is C14H24N2O. The Kier molecular flexibility index (Phi) is 6.67. The molecule has 17 heavy (non-hydrogen) atoms. The average Bonchev–Trinajstić information content (AvgIpc) is 2.81. The molecule has 0 unspecified atom stereocenters. The van der Waals surface area contributed by atoms with Gasteiger partial charge in [0.1, 0.15) is 5.76 Å². The Labute approximate surface area is 104 Å². The Balaban J connectivity index is 2.28. The van der Waals surface area contributed by atoms with E-state index < -0.39 is 0 Å². The van der Waals surface area contributed by atoms with Gasteiger partial charge in [-0.25, -0.2) is 0 Å². The maximum Gasteiger partial charge on any atom is 0.117 e. The van der Waals surface area contributed by atoms with Crippen molar-refractivity contribution in [1.29, 1.82) is 0 Å². The van der Waals surface area contributed by atoms with Gasteiger partial charge in [0.25, 0.3) is 0 Å². The molecule has 0 radical (unpaired) electrons. The number of nitrogens with one attached hydrogen (secondary N) is 1. The van der Waals surface area contributed by atoms with Gasteiger partial charge in [0.2, 0.25) is 0 Å². The molecule has 0 bridgehead atoms. The zero-order chi connectivity index (χ0) is 12.5. The highest BCUT2D eigenvalue weighted by atomic mass is 16.3. The van der Waals surface area contributed by atoms with Crippen LogP contribution >= 0.6 is 0 Å². The lowest BCUT2D eigenvalue weighted by molar-refractivity contribution is 0.274. The maximum atomic E-state index is 5.36. The molecule has 0 spiro atoms. The Morgan fingerprint density at radius 2 is 2.29 bits per heavy atom. The first-order valence-corrected chi connectivity index (χ1v) is 6.38. The summed E-state index contributed by atoms with van der Waals surface area (Å²) in [7, 11) is 0. The molecule has 3 heteroatoms. The van der Waals surface area contributed by atoms with Gasteiger partial charge in [-0.2, -0.15) is 0 Å². The Bertz CT molecular complexity index is 306. The summed E-state index contributed by atoms with van der Waals surface area (Å²) in [6, 6.07) is 3.95. The van der Waals surface area contributed by atoms with Crippen LogP contribution in [0.2, 0.25) is 0 Å². The largest absolute Gasteiger partial charge is 0.468 e. The first-order chi connectivity index (χ1) is 8.26. The molecule has 0 aliphatic heterocycles. The van der Waals surface area contributed by atoms with E-state index in [1.807, 2.05) is 12.1 Å². The normalized spacial score (nSPS) is 11.0. The zero-order valence-corrected chi connectivity index (χ0v) is 11.0. The number of nitrogens with zero attached hydrogens (tertiary/aromatic N) is 1. The van der Waals surface area contributed by atoms with Crippen LogP contribution in [0.4, 0.5) is 0 Å². The Morgan fingerprint density at radius 1 is 1.47 bits per heavy atom. The quantitative estimate of drug-likeness (QED) is 0.528. The van der Waals surface area contributed by atoms with Crippen LogP contribution < -0.4 is 5.32 Å². The van der Waals surface area contributed by atoms with Gasteiger partial charge in [0.15, 0.2) is 0 Å². The molecule has 0 amide bonds. The van der Waals surface area contributed by atoms with Crippen LogP contribution in [-0.2, 0) is 6.54 Å². The summed E-state index contributed by atoms with van der Waals surface area (Å²) in [6.45, 7) is 13.2. The maximum absolute atomic E-state index is 5.36. The molecule has 0 atom stereocenters. The molecule has 3 nitrogen and oxygen atoms in total. The molecule has 0 aromatic carbocycles. The summed E-state index contributed by atoms with van der Waals surface area (Å²) in [4.78, 5) is 2.33. The summed E-state index contributed by atoms with van der Waals surface area (Å²) >= 11 is 0. The van der Waals surface area contributed by atoms with Gasteiger partial charge in [-0.1, -0.05) is 20.4 Å². The molecule has 1 N–H and O–H groups in total. The second-order valence-corrected chi connectivity index (χ2v) is 4.31. The molecule has 96 valence electrons. The molecule has 1 aromatic rings. The number of hydrogen-bond acceptors (Lipinski definition) is 3. The molecule has 0 saturated carbocycles. The standard InChI is InChI=1S/C14H24N2O/c1-4-8-15-10-13(3)11-16(5-2)12-14-7-6-9-17-14/h6-7,9,15H,3-5,8,10-12H2,1-2H3. The van der Waals surface area contributed by atoms with Crippen LogP contribution in [0.15, 0.2) is 35.0 Å². The highest BCUT2D eigenvalue weighted by molar-refractivity contribution is 5.02. The summed E-state index contributed by atoms with van der Waals surface area (Å²) in [5, 5.41) is 3.37. The monoisotopic (exact) mass is 236 g/mol. The molecule has 0 aliphatic carbocycles. The van der Waals surface area contributed by atoms with Crippen LogP contribution in [-0.4, -0.2) is 31.1 Å². The van der Waals surface area contributed by atoms with Crippen molar-refractivity contribution in [3.63, 3.8) is 0 Å². The predicted octanol–water partition coefficient (Wildman–Crippen LogP) is 2.66. The van der Waals surface area contributed by atoms with Crippen molar-refractivity contribution in [2.24, 2.45) is 0 Å². The van der Waals surface area contributed by atoms with Gasteiger partial charge in [0, 0.05) is 13.1 Å². The molecular weight excluding hydrogens is 212 g/mol. The van der Waals surface area contributed by atoms with Crippen molar-refractivity contribution in [2.45, 2.75) is 26.8 Å². The third kappa shape index (κ3) is 5.71. The van der Waals surface area contributed by atoms with Crippen LogP contribution in [0.1, 0.15) is 26.0 Å². The lowest BCUT2D eigenvalue weighted by Gasteiger charge is -2.20. The van der Waals surface area contributed by atoms with Crippen molar-refractivity contribution >= 4 is 0 Å². The minimum atomic E-state index is 0.857. The highest BCUT2D eigenvalue weighted by Crippen LogP contribution is 2.06. The van der Waals surface area contributed by atoms with Crippen molar-refractivity contribution in [1.82, 2.24) is 10.2 Å². The van der Waals surface area contributed by atoms with Gasteiger partial charge in [-0.15, -0.1) is 0 Å². The van der Waals surface area contributed by atoms with Crippen molar-refractivity contribution in [3.8, 4) is 0 Å². The van der Waals surface area contributed by atoms with E-state index in [4.69, 9.17) is 4.42 Å². The van der Waals surface area contributed by atoms with Gasteiger partial charge >= 0.3 is 0 Å². The van der Waals surface area contributed by atoms with E-state index in [0.29, 0.717) is 0 Å². The van der Waals surface area contributed by atoms with E-state index in [1.165, 1.54) is 5.57 Å². The summed E-state index contributed by atoms with van der Waals surface area (Å²) in [5.74, 6) is 1.01. The molecule has 1 aromatic heterocycles. The third-order valence-corrected chi connectivity index (χ3v) is 2.66. The van der Waals surface area contributed by atoms with Crippen LogP contribution in [0, 0.1) is 0 Å². The van der Waals surface area contributed by atoms with Gasteiger partial charge < -0.3 is 9.73 Å². The molecule has 0 fully saturated rings. The van der Waals surface area contributed by atoms with E-state index in [9.17, 15) is 0 Å². The summed E-state index contributed by atoms with van der Waals surface area (Å²) in [5.41, 5.74) is 1.23. The predicted molar refractivity (Wildman–Crippen MR) is 72.0 cm³/mol. The van der Waals surface area contributed by atoms with E-state index in [2.05, 4.69) is 30.6 Å². The SMILES string of the molecule is C=C(CNCCC)CN(CC)Cc1ccco1. The minimum absolute atomic E-state index is 0.857. The van der Waals surface area contributed by atoms with Crippen LogP contribution in [0.25, 0.3) is 0 Å². The van der Waals surface area contributed by atoms with Crippen molar-refractivity contribution in [2.75, 3.05) is 26.2 Å². The number of hydrogen-bond donors (Lipinski definition) is 1.